The summed E-state index contributed by atoms with van der Waals surface area (Å²) in [5, 5.41) is 22.0. The number of nitrogens with one attached hydrogen (secondary N) is 5. The van der Waals surface area contributed by atoms with Gasteiger partial charge in [-0.3, -0.25) is 33.6 Å². The van der Waals surface area contributed by atoms with Gasteiger partial charge in [-0.1, -0.05) is 13.8 Å². The fraction of sp³-hybridized carbons (Fsp3) is 0.741. The molecule has 16 heteroatoms. The SMILES string of the molecule is CC(=O)N[C@@H](CCCCN)C(=O)N1CCC[C@H]1C(=O)NCC(=O)N[C@H](C(=O)N[C@H](C(=O)N[C@@H](C)C(=O)S)C(C)C)[C@@H](C)O. The van der Waals surface area contributed by atoms with Crippen LogP contribution in [0.2, 0.25) is 0 Å². The largest absolute Gasteiger partial charge is 0.391 e. The van der Waals surface area contributed by atoms with Crippen LogP contribution < -0.4 is 32.3 Å². The third-order valence-corrected chi connectivity index (χ3v) is 7.33. The van der Waals surface area contributed by atoms with Crippen LogP contribution in [0.3, 0.4) is 0 Å². The van der Waals surface area contributed by atoms with Gasteiger partial charge in [0, 0.05) is 13.5 Å². The first-order chi connectivity index (χ1) is 20.1. The summed E-state index contributed by atoms with van der Waals surface area (Å²) in [6, 6.07) is -5.09. The van der Waals surface area contributed by atoms with Crippen molar-refractivity contribution in [3.63, 3.8) is 0 Å². The lowest BCUT2D eigenvalue weighted by molar-refractivity contribution is -0.141. The Bertz CT molecular complexity index is 1030. The quantitative estimate of drug-likeness (QED) is 0.0638. The lowest BCUT2D eigenvalue weighted by Crippen LogP contribution is -2.60. The number of rotatable bonds is 17. The second-order valence-electron chi connectivity index (χ2n) is 11.0. The molecule has 6 amide bonds. The van der Waals surface area contributed by atoms with Crippen molar-refractivity contribution in [1.29, 1.82) is 0 Å². The summed E-state index contributed by atoms with van der Waals surface area (Å²) in [6.45, 7) is 7.56. The fourth-order valence-corrected chi connectivity index (χ4v) is 4.62. The summed E-state index contributed by atoms with van der Waals surface area (Å²) in [5.41, 5.74) is 5.53. The van der Waals surface area contributed by atoms with Crippen molar-refractivity contribution in [1.82, 2.24) is 31.5 Å². The Kier molecular flexibility index (Phi) is 16.2. The monoisotopic (exact) mass is 629 g/mol. The summed E-state index contributed by atoms with van der Waals surface area (Å²) in [4.78, 5) is 88.8. The number of aliphatic hydroxyl groups excluding tert-OH is 1. The molecule has 1 rings (SSSR count). The zero-order chi connectivity index (χ0) is 32.9. The fourth-order valence-electron chi connectivity index (χ4n) is 4.56. The van der Waals surface area contributed by atoms with Crippen LogP contribution in [0.1, 0.15) is 66.7 Å². The molecule has 0 aliphatic carbocycles. The van der Waals surface area contributed by atoms with Crippen molar-refractivity contribution in [3.8, 4) is 0 Å². The smallest absolute Gasteiger partial charge is 0.245 e. The molecule has 0 aromatic rings. The van der Waals surface area contributed by atoms with Crippen LogP contribution in [0.4, 0.5) is 0 Å². The van der Waals surface area contributed by atoms with Crippen LogP contribution in [0, 0.1) is 5.92 Å². The molecule has 0 bridgehead atoms. The summed E-state index contributed by atoms with van der Waals surface area (Å²) in [6.07, 6.45) is 1.23. The number of nitrogens with two attached hydrogens (primary N) is 1. The molecule has 43 heavy (non-hydrogen) atoms. The number of hydrogen-bond acceptors (Lipinski definition) is 9. The Balaban J connectivity index is 2.82. The highest BCUT2D eigenvalue weighted by Gasteiger charge is 2.38. The van der Waals surface area contributed by atoms with Crippen LogP contribution in [0.5, 0.6) is 0 Å². The predicted molar refractivity (Wildman–Crippen MR) is 160 cm³/mol. The van der Waals surface area contributed by atoms with E-state index in [9.17, 15) is 38.7 Å². The molecule has 6 atom stereocenters. The number of unbranched alkanes of at least 4 members (excludes halogenated alkanes) is 1. The molecule has 1 aliphatic rings. The van der Waals surface area contributed by atoms with Crippen LogP contribution in [0.15, 0.2) is 0 Å². The van der Waals surface area contributed by atoms with Crippen molar-refractivity contribution in [3.05, 3.63) is 0 Å². The predicted octanol–water partition coefficient (Wildman–Crippen LogP) is -2.31. The highest BCUT2D eigenvalue weighted by atomic mass is 32.1. The van der Waals surface area contributed by atoms with Gasteiger partial charge >= 0.3 is 0 Å². The van der Waals surface area contributed by atoms with Gasteiger partial charge in [0.05, 0.1) is 18.7 Å². The molecular weight excluding hydrogens is 582 g/mol. The summed E-state index contributed by atoms with van der Waals surface area (Å²) < 4.78 is 0. The number of amides is 6. The molecule has 8 N–H and O–H groups in total. The second-order valence-corrected chi connectivity index (χ2v) is 11.5. The van der Waals surface area contributed by atoms with E-state index in [0.717, 1.165) is 0 Å². The van der Waals surface area contributed by atoms with Crippen molar-refractivity contribution in [2.24, 2.45) is 11.7 Å². The zero-order valence-electron chi connectivity index (χ0n) is 25.5. The number of likely N-dealkylation sites (tertiary alicyclic amines) is 1. The van der Waals surface area contributed by atoms with Gasteiger partial charge in [0.25, 0.3) is 0 Å². The first-order valence-electron chi connectivity index (χ1n) is 14.5. The first-order valence-corrected chi connectivity index (χ1v) is 14.9. The average Bonchev–Trinajstić information content (AvgIpc) is 3.41. The molecule has 1 heterocycles. The molecule has 0 spiro atoms. The molecule has 1 saturated heterocycles. The Morgan fingerprint density at radius 2 is 1.56 bits per heavy atom. The molecule has 0 saturated carbocycles. The first kappa shape index (κ1) is 37.8. The molecule has 0 unspecified atom stereocenters. The number of nitrogens with zero attached hydrogens (tertiary/aromatic N) is 1. The van der Waals surface area contributed by atoms with Crippen molar-refractivity contribution < 1.29 is 38.7 Å². The molecule has 0 aromatic carbocycles. The van der Waals surface area contributed by atoms with E-state index in [1.807, 2.05) is 0 Å². The number of carbonyl (C=O) groups is 7. The normalized spacial score (nSPS) is 18.1. The third-order valence-electron chi connectivity index (χ3n) is 6.94. The van der Waals surface area contributed by atoms with Gasteiger partial charge in [0.1, 0.15) is 24.2 Å². The van der Waals surface area contributed by atoms with Gasteiger partial charge in [0.15, 0.2) is 0 Å². The third kappa shape index (κ3) is 12.5. The van der Waals surface area contributed by atoms with Gasteiger partial charge < -0.3 is 42.3 Å². The maximum Gasteiger partial charge on any atom is 0.245 e. The van der Waals surface area contributed by atoms with Crippen LogP contribution in [0.25, 0.3) is 0 Å². The van der Waals surface area contributed by atoms with Crippen LogP contribution in [-0.4, -0.2) is 107 Å². The van der Waals surface area contributed by atoms with Crippen LogP contribution >= 0.6 is 12.6 Å². The van der Waals surface area contributed by atoms with E-state index < -0.39 is 83.4 Å². The lowest BCUT2D eigenvalue weighted by atomic mass is 10.0. The van der Waals surface area contributed by atoms with Gasteiger partial charge in [-0.05, 0) is 58.4 Å². The Morgan fingerprint density at radius 3 is 2.09 bits per heavy atom. The molecular formula is C27H47N7O8S. The molecule has 0 radical (unpaired) electrons. The Hall–Kier alpha value is -3.24. The molecule has 1 fully saturated rings. The maximum atomic E-state index is 13.2. The van der Waals surface area contributed by atoms with Crippen molar-refractivity contribution >= 4 is 53.2 Å². The molecule has 244 valence electrons. The summed E-state index contributed by atoms with van der Waals surface area (Å²) in [5.74, 6) is -4.02. The van der Waals surface area contributed by atoms with E-state index in [0.29, 0.717) is 45.2 Å². The van der Waals surface area contributed by atoms with E-state index in [-0.39, 0.29) is 5.91 Å². The number of carbonyl (C=O) groups excluding carboxylic acids is 7. The van der Waals surface area contributed by atoms with E-state index >= 15 is 0 Å². The summed E-state index contributed by atoms with van der Waals surface area (Å²) in [7, 11) is 0. The standard InChI is InChI=1S/C27H47N7O8S/c1-14(2)21(24(39)30-15(3)27(42)43)33-25(40)22(16(4)35)32-20(37)13-29-23(38)19-10-8-12-34(19)26(41)18(31-17(5)36)9-6-7-11-28/h14-16,18-19,21-22,35H,6-13,28H2,1-5H3,(H,29,38)(H,30,39)(H,31,36)(H,32,37)(H,33,40)(H,42,43)/t15-,16+,18-,19-,21-,22-/m0/s1. The molecule has 1 aliphatic heterocycles. The second kappa shape index (κ2) is 18.4. The molecule has 15 nitrogen and oxygen atoms in total. The van der Waals surface area contributed by atoms with E-state index in [2.05, 4.69) is 39.2 Å². The van der Waals surface area contributed by atoms with Gasteiger partial charge in [-0.25, -0.2) is 0 Å². The molecule has 0 aromatic heterocycles. The van der Waals surface area contributed by atoms with E-state index in [1.54, 1.807) is 13.8 Å². The topological polar surface area (TPSA) is 229 Å². The average molecular weight is 630 g/mol. The van der Waals surface area contributed by atoms with Crippen LogP contribution in [-0.2, 0) is 33.6 Å². The van der Waals surface area contributed by atoms with Crippen molar-refractivity contribution in [2.75, 3.05) is 19.6 Å². The minimum Gasteiger partial charge on any atom is -0.391 e. The minimum atomic E-state index is -1.46. The van der Waals surface area contributed by atoms with E-state index in [4.69, 9.17) is 5.73 Å². The number of hydrogen-bond donors (Lipinski definition) is 8. The Morgan fingerprint density at radius 1 is 0.930 bits per heavy atom. The van der Waals surface area contributed by atoms with Gasteiger partial charge in [-0.2, -0.15) is 0 Å². The number of aliphatic hydroxyl groups is 1. The maximum absolute atomic E-state index is 13.2. The Labute approximate surface area is 257 Å². The lowest BCUT2D eigenvalue weighted by Gasteiger charge is -2.29. The number of thiol groups is 1. The van der Waals surface area contributed by atoms with Gasteiger partial charge in [0.2, 0.25) is 40.6 Å². The zero-order valence-corrected chi connectivity index (χ0v) is 26.4. The van der Waals surface area contributed by atoms with Gasteiger partial charge in [-0.15, -0.1) is 12.6 Å². The summed E-state index contributed by atoms with van der Waals surface area (Å²) >= 11 is 3.68. The van der Waals surface area contributed by atoms with Crippen molar-refractivity contribution in [2.45, 2.75) is 103 Å². The highest BCUT2D eigenvalue weighted by molar-refractivity contribution is 7.96. The van der Waals surface area contributed by atoms with E-state index in [1.165, 1.54) is 25.7 Å². The minimum absolute atomic E-state index is 0.311. The highest BCUT2D eigenvalue weighted by Crippen LogP contribution is 2.20.